The summed E-state index contributed by atoms with van der Waals surface area (Å²) in [5, 5.41) is 12.0. The Morgan fingerprint density at radius 1 is 1.18 bits per heavy atom. The molecule has 1 fully saturated rings. The topological polar surface area (TPSA) is 203 Å². The van der Waals surface area contributed by atoms with E-state index in [2.05, 4.69) is 10.3 Å². The number of nitrogens with zero attached hydrogens (tertiary/aromatic N) is 2. The van der Waals surface area contributed by atoms with E-state index in [0.29, 0.717) is 64.6 Å². The zero-order chi connectivity index (χ0) is 21.1. The second-order valence-electron chi connectivity index (χ2n) is 6.93. The second kappa shape index (κ2) is 12.1. The number of aliphatic imine (C=N–C) groups is 1. The number of likely N-dealkylation sites (tertiary alicyclic amines) is 1. The zero-order valence-corrected chi connectivity index (χ0v) is 16.2. The lowest BCUT2D eigenvalue weighted by Gasteiger charge is -2.28. The summed E-state index contributed by atoms with van der Waals surface area (Å²) in [6.07, 6.45) is 3.63. The van der Waals surface area contributed by atoms with E-state index in [0.717, 1.165) is 0 Å². The van der Waals surface area contributed by atoms with E-state index < -0.39 is 30.0 Å². The normalized spacial score (nSPS) is 18.4. The van der Waals surface area contributed by atoms with Gasteiger partial charge in [0.15, 0.2) is 5.96 Å². The van der Waals surface area contributed by atoms with Crippen LogP contribution >= 0.6 is 0 Å². The predicted octanol–water partition coefficient (Wildman–Crippen LogP) is -1.94. The fourth-order valence-electron chi connectivity index (χ4n) is 3.17. The minimum absolute atomic E-state index is 0.0258. The maximum absolute atomic E-state index is 12.9. The van der Waals surface area contributed by atoms with Crippen molar-refractivity contribution in [3.63, 3.8) is 0 Å². The van der Waals surface area contributed by atoms with Crippen molar-refractivity contribution in [1.29, 1.82) is 0 Å². The Bertz CT molecular complexity index is 566. The standard InChI is InChI=1S/C17H33N7O4/c18-8-2-1-6-12(15(26)24-10-4-7-13(24)16(27)28)23-14(25)11(19)5-3-9-22-17(20)21/h11-13H,1-10,18-19H2,(H,23,25)(H,27,28)(H4,20,21,22)/t11-,12-,13+/m0/s1. The lowest BCUT2D eigenvalue weighted by atomic mass is 10.1. The second-order valence-corrected chi connectivity index (χ2v) is 6.93. The van der Waals surface area contributed by atoms with Crippen molar-refractivity contribution in [2.75, 3.05) is 19.6 Å². The smallest absolute Gasteiger partial charge is 0.326 e. The molecule has 1 aliphatic rings. The molecular formula is C17H33N7O4. The highest BCUT2D eigenvalue weighted by Gasteiger charge is 2.37. The number of rotatable bonds is 12. The summed E-state index contributed by atoms with van der Waals surface area (Å²) in [5.74, 6) is -1.90. The maximum Gasteiger partial charge on any atom is 0.326 e. The third kappa shape index (κ3) is 7.69. The van der Waals surface area contributed by atoms with E-state index in [-0.39, 0.29) is 11.9 Å². The first-order chi connectivity index (χ1) is 13.3. The van der Waals surface area contributed by atoms with Crippen LogP contribution in [0, 0.1) is 0 Å². The predicted molar refractivity (Wildman–Crippen MR) is 105 cm³/mol. The van der Waals surface area contributed by atoms with Gasteiger partial charge in [-0.1, -0.05) is 0 Å². The summed E-state index contributed by atoms with van der Waals surface area (Å²) < 4.78 is 0. The van der Waals surface area contributed by atoms with Crippen molar-refractivity contribution in [1.82, 2.24) is 10.2 Å². The highest BCUT2D eigenvalue weighted by atomic mass is 16.4. The van der Waals surface area contributed by atoms with E-state index in [4.69, 9.17) is 22.9 Å². The molecule has 0 aromatic carbocycles. The third-order valence-electron chi connectivity index (χ3n) is 4.69. The Balaban J connectivity index is 2.69. The first kappa shape index (κ1) is 23.6. The highest BCUT2D eigenvalue weighted by Crippen LogP contribution is 2.20. The van der Waals surface area contributed by atoms with E-state index >= 15 is 0 Å². The molecular weight excluding hydrogens is 366 g/mol. The van der Waals surface area contributed by atoms with Gasteiger partial charge >= 0.3 is 5.97 Å². The minimum atomic E-state index is -1.03. The average Bonchev–Trinajstić information content (AvgIpc) is 3.13. The Labute approximate surface area is 164 Å². The fraction of sp³-hybridized carbons (Fsp3) is 0.765. The molecule has 1 aliphatic heterocycles. The van der Waals surface area contributed by atoms with Gasteiger partial charge in [-0.15, -0.1) is 0 Å². The van der Waals surface area contributed by atoms with E-state index in [1.807, 2.05) is 0 Å². The summed E-state index contributed by atoms with van der Waals surface area (Å²) >= 11 is 0. The van der Waals surface area contributed by atoms with Crippen LogP contribution in [0.1, 0.15) is 44.9 Å². The van der Waals surface area contributed by atoms with Crippen LogP contribution in [-0.2, 0) is 14.4 Å². The van der Waals surface area contributed by atoms with Gasteiger partial charge in [0.1, 0.15) is 12.1 Å². The number of amides is 2. The molecule has 28 heavy (non-hydrogen) atoms. The van der Waals surface area contributed by atoms with Gasteiger partial charge in [-0.2, -0.15) is 0 Å². The number of carboxylic acids is 1. The summed E-state index contributed by atoms with van der Waals surface area (Å²) in [6.45, 7) is 1.19. The van der Waals surface area contributed by atoms with Gasteiger partial charge in [-0.25, -0.2) is 4.79 Å². The largest absolute Gasteiger partial charge is 0.480 e. The molecule has 0 aliphatic carbocycles. The van der Waals surface area contributed by atoms with Crippen molar-refractivity contribution in [2.24, 2.45) is 27.9 Å². The molecule has 11 nitrogen and oxygen atoms in total. The average molecular weight is 399 g/mol. The van der Waals surface area contributed by atoms with Gasteiger partial charge in [0.2, 0.25) is 11.8 Å². The van der Waals surface area contributed by atoms with Crippen LogP contribution in [0.2, 0.25) is 0 Å². The molecule has 2 amide bonds. The first-order valence-electron chi connectivity index (χ1n) is 9.62. The number of nitrogens with one attached hydrogen (secondary N) is 1. The Morgan fingerprint density at radius 2 is 1.89 bits per heavy atom. The lowest BCUT2D eigenvalue weighted by Crippen LogP contribution is -2.54. The van der Waals surface area contributed by atoms with Gasteiger partial charge in [-0.3, -0.25) is 14.6 Å². The summed E-state index contributed by atoms with van der Waals surface area (Å²) in [7, 11) is 0. The number of hydrogen-bond donors (Lipinski definition) is 6. The monoisotopic (exact) mass is 399 g/mol. The van der Waals surface area contributed by atoms with Crippen molar-refractivity contribution in [3.8, 4) is 0 Å². The Hall–Kier alpha value is -2.40. The molecule has 11 heteroatoms. The minimum Gasteiger partial charge on any atom is -0.480 e. The lowest BCUT2D eigenvalue weighted by molar-refractivity contribution is -0.149. The number of aliphatic carboxylic acids is 1. The first-order valence-corrected chi connectivity index (χ1v) is 9.62. The van der Waals surface area contributed by atoms with E-state index in [9.17, 15) is 19.5 Å². The molecule has 3 atom stereocenters. The van der Waals surface area contributed by atoms with Gasteiger partial charge < -0.3 is 38.3 Å². The number of carbonyl (C=O) groups excluding carboxylic acids is 2. The Kier molecular flexibility index (Phi) is 10.2. The summed E-state index contributed by atoms with van der Waals surface area (Å²) in [6, 6.07) is -2.48. The van der Waals surface area contributed by atoms with Crippen LogP contribution in [-0.4, -0.2) is 71.5 Å². The van der Waals surface area contributed by atoms with Crippen LogP contribution < -0.4 is 28.3 Å². The number of carboxylic acid groups (broad SMARTS) is 1. The number of guanidine groups is 1. The number of hydrogen-bond acceptors (Lipinski definition) is 6. The van der Waals surface area contributed by atoms with Crippen LogP contribution in [0.25, 0.3) is 0 Å². The van der Waals surface area contributed by atoms with Gasteiger partial charge in [0, 0.05) is 13.1 Å². The third-order valence-corrected chi connectivity index (χ3v) is 4.69. The van der Waals surface area contributed by atoms with Crippen LogP contribution in [0.4, 0.5) is 0 Å². The molecule has 1 heterocycles. The van der Waals surface area contributed by atoms with Crippen LogP contribution in [0.15, 0.2) is 4.99 Å². The molecule has 0 bridgehead atoms. The molecule has 0 unspecified atom stereocenters. The van der Waals surface area contributed by atoms with Crippen LogP contribution in [0.3, 0.4) is 0 Å². The molecule has 0 aromatic rings. The van der Waals surface area contributed by atoms with Crippen LogP contribution in [0.5, 0.6) is 0 Å². The number of nitrogens with two attached hydrogens (primary N) is 4. The van der Waals surface area contributed by atoms with Gasteiger partial charge in [0.05, 0.1) is 6.04 Å². The molecule has 160 valence electrons. The molecule has 1 rings (SSSR count). The van der Waals surface area contributed by atoms with Crippen molar-refractivity contribution in [3.05, 3.63) is 0 Å². The molecule has 0 radical (unpaired) electrons. The summed E-state index contributed by atoms with van der Waals surface area (Å²) in [5.41, 5.74) is 21.9. The number of carbonyl (C=O) groups is 3. The molecule has 0 aromatic heterocycles. The highest BCUT2D eigenvalue weighted by molar-refractivity contribution is 5.92. The van der Waals surface area contributed by atoms with Gasteiger partial charge in [0.25, 0.3) is 0 Å². The van der Waals surface area contributed by atoms with Crippen molar-refractivity contribution < 1.29 is 19.5 Å². The molecule has 10 N–H and O–H groups in total. The van der Waals surface area contributed by atoms with Crippen molar-refractivity contribution in [2.45, 2.75) is 63.1 Å². The molecule has 0 spiro atoms. The van der Waals surface area contributed by atoms with E-state index in [1.54, 1.807) is 0 Å². The summed E-state index contributed by atoms with van der Waals surface area (Å²) in [4.78, 5) is 41.8. The Morgan fingerprint density at radius 3 is 2.50 bits per heavy atom. The number of unbranched alkanes of at least 4 members (excludes halogenated alkanes) is 1. The quantitative estimate of drug-likeness (QED) is 0.123. The molecule has 0 saturated carbocycles. The SMILES string of the molecule is NCCCC[C@H](NC(=O)[C@@H](N)CCCN=C(N)N)C(=O)N1CCC[C@@H]1C(=O)O. The van der Waals surface area contributed by atoms with E-state index in [1.165, 1.54) is 4.90 Å². The fourth-order valence-corrected chi connectivity index (χ4v) is 3.17. The zero-order valence-electron chi connectivity index (χ0n) is 16.2. The maximum atomic E-state index is 12.9. The van der Waals surface area contributed by atoms with Crippen molar-refractivity contribution >= 4 is 23.7 Å². The molecule has 1 saturated heterocycles. The van der Waals surface area contributed by atoms with Gasteiger partial charge in [-0.05, 0) is 51.5 Å².